The molecule has 0 aromatic heterocycles. The Kier molecular flexibility index (Phi) is 6.49. The van der Waals surface area contributed by atoms with Crippen LogP contribution in [0.3, 0.4) is 0 Å². The lowest BCUT2D eigenvalue weighted by Gasteiger charge is -2.22. The van der Waals surface area contributed by atoms with Crippen LogP contribution in [0.5, 0.6) is 0 Å². The highest BCUT2D eigenvalue weighted by Gasteiger charge is 2.12. The normalized spacial score (nSPS) is 13.0. The molecule has 3 rings (SSSR count). The molecule has 0 atom stereocenters. The van der Waals surface area contributed by atoms with Crippen LogP contribution in [-0.2, 0) is 0 Å². The number of hydrogen-bond acceptors (Lipinski definition) is 3. The SMILES string of the molecule is CCN=C1C=CC(=C(c2ccc(N)cc2)c2ccc(N(CC)CC)cc2)C=C1. The highest BCUT2D eigenvalue weighted by atomic mass is 15.1. The lowest BCUT2D eigenvalue weighted by molar-refractivity contribution is 0.866. The molecule has 0 saturated heterocycles. The molecule has 144 valence electrons. The molecule has 28 heavy (non-hydrogen) atoms. The smallest absolute Gasteiger partial charge is 0.0574 e. The molecule has 0 radical (unpaired) electrons. The average Bonchev–Trinajstić information content (AvgIpc) is 2.73. The fourth-order valence-electron chi connectivity index (χ4n) is 3.49. The summed E-state index contributed by atoms with van der Waals surface area (Å²) in [5.74, 6) is 0. The van der Waals surface area contributed by atoms with Gasteiger partial charge in [0.2, 0.25) is 0 Å². The Morgan fingerprint density at radius 1 is 0.786 bits per heavy atom. The second kappa shape index (κ2) is 9.23. The van der Waals surface area contributed by atoms with E-state index in [0.717, 1.165) is 36.6 Å². The Balaban J connectivity index is 2.07. The van der Waals surface area contributed by atoms with Gasteiger partial charge in [0.25, 0.3) is 0 Å². The summed E-state index contributed by atoms with van der Waals surface area (Å²) in [6.07, 6.45) is 8.47. The van der Waals surface area contributed by atoms with Crippen molar-refractivity contribution in [3.05, 3.63) is 89.5 Å². The van der Waals surface area contributed by atoms with Crippen LogP contribution in [0, 0.1) is 0 Å². The van der Waals surface area contributed by atoms with E-state index < -0.39 is 0 Å². The van der Waals surface area contributed by atoms with Gasteiger partial charge in [0.1, 0.15) is 0 Å². The van der Waals surface area contributed by atoms with Crippen molar-refractivity contribution in [3.63, 3.8) is 0 Å². The highest BCUT2D eigenvalue weighted by molar-refractivity contribution is 6.07. The first kappa shape index (κ1) is 19.7. The van der Waals surface area contributed by atoms with Crippen molar-refractivity contribution in [2.45, 2.75) is 20.8 Å². The summed E-state index contributed by atoms with van der Waals surface area (Å²) in [6.45, 7) is 9.23. The average molecular weight is 372 g/mol. The molecule has 3 nitrogen and oxygen atoms in total. The van der Waals surface area contributed by atoms with Crippen molar-refractivity contribution in [2.75, 3.05) is 30.3 Å². The topological polar surface area (TPSA) is 41.6 Å². The molecule has 1 aliphatic carbocycles. The molecule has 1 aliphatic rings. The van der Waals surface area contributed by atoms with Crippen molar-refractivity contribution in [1.82, 2.24) is 0 Å². The van der Waals surface area contributed by atoms with Crippen LogP contribution in [0.4, 0.5) is 11.4 Å². The Morgan fingerprint density at radius 3 is 1.82 bits per heavy atom. The monoisotopic (exact) mass is 371 g/mol. The molecule has 0 spiro atoms. The zero-order valence-electron chi connectivity index (χ0n) is 17.0. The molecule has 0 bridgehead atoms. The molecular formula is C25H29N3. The molecule has 0 fully saturated rings. The van der Waals surface area contributed by atoms with Crippen LogP contribution in [0.25, 0.3) is 5.57 Å². The van der Waals surface area contributed by atoms with Crippen molar-refractivity contribution < 1.29 is 0 Å². The van der Waals surface area contributed by atoms with E-state index in [2.05, 4.69) is 91.4 Å². The number of benzene rings is 2. The lowest BCUT2D eigenvalue weighted by atomic mass is 9.90. The van der Waals surface area contributed by atoms with Crippen molar-refractivity contribution >= 4 is 22.7 Å². The number of hydrogen-bond donors (Lipinski definition) is 1. The van der Waals surface area contributed by atoms with E-state index >= 15 is 0 Å². The van der Waals surface area contributed by atoms with Crippen LogP contribution in [-0.4, -0.2) is 25.3 Å². The number of allylic oxidation sites excluding steroid dienone is 5. The minimum atomic E-state index is 0.775. The number of rotatable bonds is 6. The number of anilines is 2. The maximum Gasteiger partial charge on any atom is 0.0574 e. The van der Waals surface area contributed by atoms with E-state index in [1.807, 2.05) is 12.1 Å². The lowest BCUT2D eigenvalue weighted by Crippen LogP contribution is -2.21. The van der Waals surface area contributed by atoms with E-state index in [-0.39, 0.29) is 0 Å². The van der Waals surface area contributed by atoms with Crippen molar-refractivity contribution in [3.8, 4) is 0 Å². The van der Waals surface area contributed by atoms with Crippen LogP contribution in [0.2, 0.25) is 0 Å². The second-order valence-electron chi connectivity index (χ2n) is 6.74. The Bertz CT molecular complexity index is 891. The minimum absolute atomic E-state index is 0.775. The van der Waals surface area contributed by atoms with E-state index in [1.165, 1.54) is 22.4 Å². The Morgan fingerprint density at radius 2 is 1.32 bits per heavy atom. The van der Waals surface area contributed by atoms with Gasteiger partial charge in [0.15, 0.2) is 0 Å². The highest BCUT2D eigenvalue weighted by Crippen LogP contribution is 2.31. The number of aliphatic imine (C=N–C) groups is 1. The van der Waals surface area contributed by atoms with Crippen LogP contribution < -0.4 is 10.6 Å². The van der Waals surface area contributed by atoms with Gasteiger partial charge in [-0.05, 0) is 79.5 Å². The Labute approximate surface area is 168 Å². The van der Waals surface area contributed by atoms with Crippen molar-refractivity contribution in [1.29, 1.82) is 0 Å². The van der Waals surface area contributed by atoms with Crippen LogP contribution in [0.15, 0.2) is 83.4 Å². The Hall–Kier alpha value is -3.07. The summed E-state index contributed by atoms with van der Waals surface area (Å²) >= 11 is 0. The summed E-state index contributed by atoms with van der Waals surface area (Å²) in [5.41, 5.74) is 13.7. The third-order valence-electron chi connectivity index (χ3n) is 4.98. The molecule has 0 heterocycles. The molecule has 3 heteroatoms. The van der Waals surface area contributed by atoms with Crippen molar-refractivity contribution in [2.24, 2.45) is 4.99 Å². The fraction of sp³-hybridized carbons (Fsp3) is 0.240. The van der Waals surface area contributed by atoms with Gasteiger partial charge in [0, 0.05) is 31.0 Å². The number of nitrogens with two attached hydrogens (primary N) is 1. The number of nitrogens with zero attached hydrogens (tertiary/aromatic N) is 2. The second-order valence-corrected chi connectivity index (χ2v) is 6.74. The van der Waals surface area contributed by atoms with Gasteiger partial charge in [-0.2, -0.15) is 0 Å². The van der Waals surface area contributed by atoms with E-state index in [9.17, 15) is 0 Å². The fourth-order valence-corrected chi connectivity index (χ4v) is 3.49. The molecule has 2 N–H and O–H groups in total. The third kappa shape index (κ3) is 4.42. The zero-order chi connectivity index (χ0) is 19.9. The first-order chi connectivity index (χ1) is 13.7. The minimum Gasteiger partial charge on any atom is -0.399 e. The van der Waals surface area contributed by atoms with Gasteiger partial charge in [-0.15, -0.1) is 0 Å². The van der Waals surface area contributed by atoms with Gasteiger partial charge >= 0.3 is 0 Å². The van der Waals surface area contributed by atoms with E-state index in [1.54, 1.807) is 0 Å². The van der Waals surface area contributed by atoms with E-state index in [4.69, 9.17) is 5.73 Å². The van der Waals surface area contributed by atoms with Crippen LogP contribution in [0.1, 0.15) is 31.9 Å². The molecule has 2 aromatic rings. The quantitative estimate of drug-likeness (QED) is 0.681. The molecule has 0 unspecified atom stereocenters. The summed E-state index contributed by atoms with van der Waals surface area (Å²) in [4.78, 5) is 6.84. The summed E-state index contributed by atoms with van der Waals surface area (Å²) < 4.78 is 0. The molecule has 0 saturated carbocycles. The summed E-state index contributed by atoms with van der Waals surface area (Å²) in [5, 5.41) is 0. The summed E-state index contributed by atoms with van der Waals surface area (Å²) in [6, 6.07) is 16.9. The molecule has 0 amide bonds. The standard InChI is InChI=1S/C25H29N3/c1-4-27-23-15-9-20(10-16-23)25(19-7-13-22(26)14-8-19)21-11-17-24(18-12-21)28(5-2)6-3/h7-18H,4-6,26H2,1-3H3. The van der Waals surface area contributed by atoms with Gasteiger partial charge in [-0.25, -0.2) is 0 Å². The van der Waals surface area contributed by atoms with Gasteiger partial charge in [-0.3, -0.25) is 4.99 Å². The number of nitrogen functional groups attached to an aromatic ring is 1. The third-order valence-corrected chi connectivity index (χ3v) is 4.98. The largest absolute Gasteiger partial charge is 0.399 e. The maximum absolute atomic E-state index is 5.91. The van der Waals surface area contributed by atoms with Gasteiger partial charge in [-0.1, -0.05) is 36.4 Å². The van der Waals surface area contributed by atoms with Crippen LogP contribution >= 0.6 is 0 Å². The molecule has 2 aromatic carbocycles. The van der Waals surface area contributed by atoms with E-state index in [0.29, 0.717) is 0 Å². The predicted octanol–water partition coefficient (Wildman–Crippen LogP) is 5.50. The zero-order valence-corrected chi connectivity index (χ0v) is 17.0. The molecular weight excluding hydrogens is 342 g/mol. The molecule has 0 aliphatic heterocycles. The van der Waals surface area contributed by atoms with Gasteiger partial charge in [0.05, 0.1) is 5.71 Å². The first-order valence-electron chi connectivity index (χ1n) is 10.0. The van der Waals surface area contributed by atoms with Gasteiger partial charge < -0.3 is 10.6 Å². The first-order valence-corrected chi connectivity index (χ1v) is 10.0. The summed E-state index contributed by atoms with van der Waals surface area (Å²) in [7, 11) is 0. The predicted molar refractivity (Wildman–Crippen MR) is 123 cm³/mol. The maximum atomic E-state index is 5.91.